The molecule has 46 heavy (non-hydrogen) atoms. The molecule has 2 nitrogen and oxygen atoms in total. The Morgan fingerprint density at radius 1 is 0.674 bits per heavy atom. The molecule has 7 aromatic rings. The van der Waals surface area contributed by atoms with Gasteiger partial charge in [0.05, 0.1) is 0 Å². The first kappa shape index (κ1) is 26.1. The van der Waals surface area contributed by atoms with Crippen molar-refractivity contribution in [2.75, 3.05) is 4.90 Å². The second-order valence-electron chi connectivity index (χ2n) is 13.2. The van der Waals surface area contributed by atoms with E-state index in [0.29, 0.717) is 0 Å². The summed E-state index contributed by atoms with van der Waals surface area (Å²) in [5.41, 5.74) is 10.0. The molecule has 2 aliphatic carbocycles. The van der Waals surface area contributed by atoms with Crippen LogP contribution in [0, 0.1) is 0 Å². The summed E-state index contributed by atoms with van der Waals surface area (Å²) in [6, 6.07) is 44.3. The fourth-order valence-electron chi connectivity index (χ4n) is 8.35. The summed E-state index contributed by atoms with van der Waals surface area (Å²) < 4.78 is 9.62. The summed E-state index contributed by atoms with van der Waals surface area (Å²) in [6.07, 6.45) is 6.94. The number of para-hydroxylation sites is 1. The Morgan fingerprint density at radius 3 is 2.26 bits per heavy atom. The minimum atomic E-state index is -0.107. The maximum absolute atomic E-state index is 6.99. The molecule has 2 atom stereocenters. The molecule has 6 aromatic carbocycles. The van der Waals surface area contributed by atoms with Crippen LogP contribution in [0.5, 0.6) is 5.75 Å². The van der Waals surface area contributed by atoms with Crippen LogP contribution in [0.15, 0.2) is 145 Å². The van der Waals surface area contributed by atoms with Crippen LogP contribution in [0.4, 0.5) is 11.4 Å². The van der Waals surface area contributed by atoms with Gasteiger partial charge in [-0.2, -0.15) is 0 Å². The summed E-state index contributed by atoms with van der Waals surface area (Å²) in [6.45, 7) is 4.73. The van der Waals surface area contributed by atoms with E-state index < -0.39 is 0 Å². The van der Waals surface area contributed by atoms with E-state index in [9.17, 15) is 0 Å². The van der Waals surface area contributed by atoms with Gasteiger partial charge in [0.2, 0.25) is 0 Å². The molecule has 1 aromatic heterocycles. The van der Waals surface area contributed by atoms with Crippen molar-refractivity contribution in [1.82, 2.24) is 0 Å². The number of anilines is 2. The molecule has 0 saturated heterocycles. The molecule has 10 rings (SSSR count). The number of hydrogen-bond acceptors (Lipinski definition) is 3. The van der Waals surface area contributed by atoms with E-state index in [4.69, 9.17) is 4.74 Å². The molecule has 2 heterocycles. The summed E-state index contributed by atoms with van der Waals surface area (Å²) in [4.78, 5) is 2.41. The summed E-state index contributed by atoms with van der Waals surface area (Å²) >= 11 is 1.86. The van der Waals surface area contributed by atoms with Gasteiger partial charge in [-0.05, 0) is 76.0 Å². The quantitative estimate of drug-likeness (QED) is 0.198. The van der Waals surface area contributed by atoms with Crippen molar-refractivity contribution in [3.8, 4) is 16.9 Å². The van der Waals surface area contributed by atoms with E-state index >= 15 is 0 Å². The van der Waals surface area contributed by atoms with Crippen LogP contribution in [-0.2, 0) is 5.41 Å². The minimum Gasteiger partial charge on any atom is -0.484 e. The zero-order chi connectivity index (χ0) is 30.6. The maximum atomic E-state index is 6.99. The van der Waals surface area contributed by atoms with Gasteiger partial charge in [0.25, 0.3) is 0 Å². The van der Waals surface area contributed by atoms with Gasteiger partial charge in [0.15, 0.2) is 0 Å². The highest BCUT2D eigenvalue weighted by Crippen LogP contribution is 2.60. The van der Waals surface area contributed by atoms with Crippen molar-refractivity contribution in [2.24, 2.45) is 0 Å². The van der Waals surface area contributed by atoms with E-state index in [1.54, 1.807) is 0 Å². The van der Waals surface area contributed by atoms with Crippen LogP contribution < -0.4 is 9.64 Å². The SMILES string of the molecule is CC1(C)c2ccccc2-c2c3c(c4ccccc4c21)C1C=C(N(c2ccccc2)c2ccc4c(c2)sc2ccccc24)C=CC1O3. The molecule has 220 valence electrons. The predicted octanol–water partition coefficient (Wildman–Crippen LogP) is 11.7. The fraction of sp³-hybridized carbons (Fsp3) is 0.116. The van der Waals surface area contributed by atoms with Gasteiger partial charge in [0, 0.05) is 59.7 Å². The smallest absolute Gasteiger partial charge is 0.132 e. The zero-order valence-corrected chi connectivity index (χ0v) is 26.5. The Labute approximate surface area is 272 Å². The Morgan fingerprint density at radius 2 is 1.39 bits per heavy atom. The molecular formula is C43H31NOS. The molecule has 0 bridgehead atoms. The van der Waals surface area contributed by atoms with Crippen molar-refractivity contribution >= 4 is 53.7 Å². The van der Waals surface area contributed by atoms with Gasteiger partial charge in [-0.1, -0.05) is 105 Å². The molecule has 0 amide bonds. The second kappa shape index (κ2) is 9.45. The van der Waals surface area contributed by atoms with Gasteiger partial charge in [-0.3, -0.25) is 0 Å². The van der Waals surface area contributed by atoms with Gasteiger partial charge in [-0.25, -0.2) is 0 Å². The summed E-state index contributed by atoms with van der Waals surface area (Å²) in [5.74, 6) is 1.15. The number of allylic oxidation sites excluding steroid dienone is 1. The summed E-state index contributed by atoms with van der Waals surface area (Å²) in [5, 5.41) is 5.27. The van der Waals surface area contributed by atoms with Crippen molar-refractivity contribution in [2.45, 2.75) is 31.3 Å². The van der Waals surface area contributed by atoms with E-state index in [2.05, 4.69) is 158 Å². The second-order valence-corrected chi connectivity index (χ2v) is 14.3. The Kier molecular flexibility index (Phi) is 5.37. The van der Waals surface area contributed by atoms with E-state index in [1.165, 1.54) is 58.8 Å². The lowest BCUT2D eigenvalue weighted by molar-refractivity contribution is 0.269. The molecule has 0 saturated carbocycles. The molecule has 0 radical (unpaired) electrons. The first-order valence-corrected chi connectivity index (χ1v) is 16.9. The average Bonchev–Trinajstić information content (AvgIpc) is 3.73. The lowest BCUT2D eigenvalue weighted by atomic mass is 9.78. The minimum absolute atomic E-state index is 0.0489. The van der Waals surface area contributed by atoms with E-state index in [-0.39, 0.29) is 17.4 Å². The van der Waals surface area contributed by atoms with Gasteiger partial charge >= 0.3 is 0 Å². The summed E-state index contributed by atoms with van der Waals surface area (Å²) in [7, 11) is 0. The molecule has 1 aliphatic heterocycles. The zero-order valence-electron chi connectivity index (χ0n) is 25.7. The van der Waals surface area contributed by atoms with Crippen molar-refractivity contribution in [1.29, 1.82) is 0 Å². The van der Waals surface area contributed by atoms with Crippen LogP contribution >= 0.6 is 11.3 Å². The van der Waals surface area contributed by atoms with Crippen molar-refractivity contribution in [3.63, 3.8) is 0 Å². The Hall–Kier alpha value is -5.12. The molecule has 0 fully saturated rings. The van der Waals surface area contributed by atoms with Crippen LogP contribution in [0.3, 0.4) is 0 Å². The maximum Gasteiger partial charge on any atom is 0.132 e. The van der Waals surface area contributed by atoms with Crippen LogP contribution in [-0.4, -0.2) is 6.10 Å². The Bertz CT molecular complexity index is 2450. The van der Waals surface area contributed by atoms with E-state index in [0.717, 1.165) is 22.8 Å². The highest BCUT2D eigenvalue weighted by atomic mass is 32.1. The molecule has 3 aliphatic rings. The topological polar surface area (TPSA) is 12.5 Å². The van der Waals surface area contributed by atoms with E-state index in [1.807, 2.05) is 11.3 Å². The third-order valence-electron chi connectivity index (χ3n) is 10.3. The standard InChI is InChI=1S/C43H31NOS/c1-43(2)35-18-10-8-17-33(35)40-41(43)32-16-7-6-15-31(32)39-34-24-27(21-23-36(34)45-42(39)40)44(26-12-4-3-5-13-26)28-20-22-30-29-14-9-11-19-37(29)46-38(30)25-28/h3-25,34,36H,1-2H3. The first-order chi connectivity index (χ1) is 22.6. The molecule has 2 unspecified atom stereocenters. The number of rotatable bonds is 3. The van der Waals surface area contributed by atoms with Crippen molar-refractivity contribution < 1.29 is 4.74 Å². The average molecular weight is 610 g/mol. The largest absolute Gasteiger partial charge is 0.484 e. The lowest BCUT2D eigenvalue weighted by Crippen LogP contribution is -2.23. The number of fused-ring (bicyclic) bond motifs is 13. The normalized spacial score (nSPS) is 18.6. The molecule has 0 spiro atoms. The van der Waals surface area contributed by atoms with Gasteiger partial charge in [0.1, 0.15) is 11.9 Å². The van der Waals surface area contributed by atoms with Crippen LogP contribution in [0.1, 0.15) is 36.5 Å². The first-order valence-electron chi connectivity index (χ1n) is 16.1. The highest BCUT2D eigenvalue weighted by molar-refractivity contribution is 7.25. The number of hydrogen-bond donors (Lipinski definition) is 0. The molecular weight excluding hydrogens is 579 g/mol. The predicted molar refractivity (Wildman–Crippen MR) is 194 cm³/mol. The number of ether oxygens (including phenoxy) is 1. The van der Waals surface area contributed by atoms with Crippen molar-refractivity contribution in [3.05, 3.63) is 162 Å². The monoisotopic (exact) mass is 609 g/mol. The number of benzene rings is 6. The highest BCUT2D eigenvalue weighted by Gasteiger charge is 2.45. The molecule has 3 heteroatoms. The van der Waals surface area contributed by atoms with Gasteiger partial charge < -0.3 is 9.64 Å². The lowest BCUT2D eigenvalue weighted by Gasteiger charge is -2.30. The number of thiophene rings is 1. The Balaban J connectivity index is 1.18. The third kappa shape index (κ3) is 3.52. The number of nitrogens with zero attached hydrogens (tertiary/aromatic N) is 1. The third-order valence-corrected chi connectivity index (χ3v) is 11.5. The van der Waals surface area contributed by atoms with Crippen LogP contribution in [0.25, 0.3) is 42.1 Å². The molecule has 0 N–H and O–H groups in total. The van der Waals surface area contributed by atoms with Gasteiger partial charge in [-0.15, -0.1) is 11.3 Å². The fourth-order valence-corrected chi connectivity index (χ4v) is 9.49. The van der Waals surface area contributed by atoms with Crippen LogP contribution in [0.2, 0.25) is 0 Å².